The van der Waals surface area contributed by atoms with Crippen molar-refractivity contribution in [3.05, 3.63) is 58.4 Å². The summed E-state index contributed by atoms with van der Waals surface area (Å²) < 4.78 is 0. The van der Waals surface area contributed by atoms with Gasteiger partial charge in [0, 0.05) is 41.9 Å². The van der Waals surface area contributed by atoms with E-state index in [9.17, 15) is 29.4 Å². The molecule has 6 rings (SSSR count). The number of fused-ring (bicyclic) bond motifs is 2. The zero-order chi connectivity index (χ0) is 37.8. The van der Waals surface area contributed by atoms with Gasteiger partial charge >= 0.3 is 5.97 Å². The van der Waals surface area contributed by atoms with Gasteiger partial charge < -0.3 is 19.9 Å². The molecule has 4 aliphatic rings. The van der Waals surface area contributed by atoms with Gasteiger partial charge in [0.1, 0.15) is 0 Å². The van der Waals surface area contributed by atoms with Crippen LogP contribution in [-0.2, 0) is 33.6 Å². The number of rotatable bonds is 11. The van der Waals surface area contributed by atoms with Crippen LogP contribution >= 0.6 is 0 Å². The summed E-state index contributed by atoms with van der Waals surface area (Å²) in [5.41, 5.74) is 6.16. The van der Waals surface area contributed by atoms with E-state index in [1.54, 1.807) is 20.8 Å². The second-order valence-corrected chi connectivity index (χ2v) is 17.8. The molecule has 0 amide bonds. The van der Waals surface area contributed by atoms with E-state index in [1.165, 1.54) is 17.7 Å². The Morgan fingerprint density at radius 3 is 2.23 bits per heavy atom. The number of benzene rings is 1. The molecule has 2 fully saturated rings. The highest BCUT2D eigenvalue weighted by atomic mass is 16.4. The number of carboxylic acid groups (broad SMARTS) is 2. The van der Waals surface area contributed by atoms with Gasteiger partial charge in [-0.3, -0.25) is 19.4 Å². The molecule has 282 valence electrons. The molecule has 1 aromatic heterocycles. The number of aromatic nitrogens is 1. The van der Waals surface area contributed by atoms with E-state index in [1.807, 2.05) is 18.2 Å². The molecule has 1 aromatic carbocycles. The van der Waals surface area contributed by atoms with Crippen molar-refractivity contribution in [3.8, 4) is 0 Å². The van der Waals surface area contributed by atoms with E-state index in [0.717, 1.165) is 80.7 Å². The van der Waals surface area contributed by atoms with Crippen molar-refractivity contribution in [1.29, 1.82) is 0 Å². The van der Waals surface area contributed by atoms with E-state index < -0.39 is 17.4 Å². The summed E-state index contributed by atoms with van der Waals surface area (Å²) in [4.78, 5) is 60.5. The van der Waals surface area contributed by atoms with Gasteiger partial charge in [-0.05, 0) is 105 Å². The van der Waals surface area contributed by atoms with Gasteiger partial charge in [-0.1, -0.05) is 79.0 Å². The highest BCUT2D eigenvalue weighted by Crippen LogP contribution is 2.40. The second kappa shape index (κ2) is 16.5. The van der Waals surface area contributed by atoms with Crippen LogP contribution in [0.25, 0.3) is 0 Å². The van der Waals surface area contributed by atoms with E-state index in [-0.39, 0.29) is 28.8 Å². The number of aliphatic imine (C=N–C) groups is 1. The van der Waals surface area contributed by atoms with Gasteiger partial charge in [0.2, 0.25) is 0 Å². The maximum Gasteiger partial charge on any atom is 0.306 e. The van der Waals surface area contributed by atoms with Crippen molar-refractivity contribution >= 4 is 34.9 Å². The maximum atomic E-state index is 13.9. The number of ketones is 2. The van der Waals surface area contributed by atoms with Crippen molar-refractivity contribution in [2.75, 3.05) is 19.6 Å². The topological polar surface area (TPSA) is 140 Å². The lowest BCUT2D eigenvalue weighted by molar-refractivity contribution is -0.316. The van der Waals surface area contributed by atoms with Crippen molar-refractivity contribution in [1.82, 2.24) is 9.88 Å². The maximum absolute atomic E-state index is 13.9. The number of Topliss-reactive ketones (excluding diaryl/α,β-unsaturated/α-hetero) is 2. The molecule has 0 spiro atoms. The molecule has 52 heavy (non-hydrogen) atoms. The average molecular weight is 713 g/mol. The normalized spacial score (nSPS) is 20.0. The van der Waals surface area contributed by atoms with Crippen LogP contribution in [0, 0.1) is 28.6 Å². The fourth-order valence-corrected chi connectivity index (χ4v) is 7.68. The quantitative estimate of drug-likeness (QED) is 0.247. The molecule has 0 bridgehead atoms. The molecule has 1 saturated heterocycles. The lowest BCUT2D eigenvalue weighted by Gasteiger charge is -2.34. The predicted octanol–water partition coefficient (Wildman–Crippen LogP) is 6.95. The average Bonchev–Trinajstić information content (AvgIpc) is 3.49. The summed E-state index contributed by atoms with van der Waals surface area (Å²) in [6.07, 6.45) is 10.2. The molecule has 3 heterocycles. The molecule has 9 heteroatoms. The minimum Gasteiger partial charge on any atom is -0.550 e. The zero-order valence-electron chi connectivity index (χ0n) is 32.1. The first-order valence-electron chi connectivity index (χ1n) is 19.4. The number of pyridine rings is 1. The van der Waals surface area contributed by atoms with Gasteiger partial charge in [0.05, 0.1) is 23.0 Å². The SMILES string of the molecule is CC(C)(C)C(=O)[O-].CC(C)(C)[C@H]1CCc2nc3c(cc2C1)N=C(C(=O)C[C@H](CCN1CCC(C(=O)O)CC1)c1cccc(C(=O)CC2CCC2)c1)C3. The minimum absolute atomic E-state index is 0.0497. The zero-order valence-corrected chi connectivity index (χ0v) is 32.1. The van der Waals surface area contributed by atoms with Gasteiger partial charge in [0.25, 0.3) is 0 Å². The third-order valence-corrected chi connectivity index (χ3v) is 11.7. The number of nitrogens with zero attached hydrogens (tertiary/aromatic N) is 3. The molecule has 2 aliphatic carbocycles. The number of carboxylic acids is 2. The summed E-state index contributed by atoms with van der Waals surface area (Å²) in [6.45, 7) is 14.0. The number of hydrogen-bond donors (Lipinski definition) is 1. The van der Waals surface area contributed by atoms with E-state index in [2.05, 4.69) is 37.8 Å². The van der Waals surface area contributed by atoms with Gasteiger partial charge in [-0.25, -0.2) is 4.99 Å². The Kier molecular flexibility index (Phi) is 12.5. The monoisotopic (exact) mass is 712 g/mol. The Hall–Kier alpha value is -3.72. The number of aryl methyl sites for hydroxylation is 1. The van der Waals surface area contributed by atoms with Crippen molar-refractivity contribution in [2.45, 2.75) is 125 Å². The van der Waals surface area contributed by atoms with E-state index in [4.69, 9.17) is 9.98 Å². The third kappa shape index (κ3) is 10.2. The predicted molar refractivity (Wildman–Crippen MR) is 201 cm³/mol. The third-order valence-electron chi connectivity index (χ3n) is 11.7. The molecule has 2 atom stereocenters. The Morgan fingerprint density at radius 1 is 0.942 bits per heavy atom. The number of hydrogen-bond acceptors (Lipinski definition) is 8. The van der Waals surface area contributed by atoms with Crippen LogP contribution in [0.3, 0.4) is 0 Å². The first kappa shape index (κ1) is 39.5. The first-order chi connectivity index (χ1) is 24.5. The van der Waals surface area contributed by atoms with Crippen LogP contribution in [-0.4, -0.2) is 63.8 Å². The summed E-state index contributed by atoms with van der Waals surface area (Å²) in [5, 5.41) is 19.3. The largest absolute Gasteiger partial charge is 0.550 e. The first-order valence-corrected chi connectivity index (χ1v) is 19.4. The fourth-order valence-electron chi connectivity index (χ4n) is 7.68. The molecule has 9 nitrogen and oxygen atoms in total. The van der Waals surface area contributed by atoms with Crippen LogP contribution in [0.4, 0.5) is 5.69 Å². The molecular weight excluding hydrogens is 654 g/mol. The Balaban J connectivity index is 0.000000679. The minimum atomic E-state index is -1.01. The lowest BCUT2D eigenvalue weighted by Crippen LogP contribution is -2.37. The van der Waals surface area contributed by atoms with Crippen molar-refractivity contribution in [2.24, 2.45) is 33.6 Å². The lowest BCUT2D eigenvalue weighted by atomic mass is 9.71. The number of aliphatic carboxylic acids is 2. The van der Waals surface area contributed by atoms with Crippen molar-refractivity contribution < 1.29 is 29.4 Å². The Labute approximate surface area is 309 Å². The molecule has 2 aromatic rings. The molecular formula is C43H58N3O6-. The molecule has 2 aliphatic heterocycles. The molecule has 1 saturated carbocycles. The summed E-state index contributed by atoms with van der Waals surface area (Å²) in [6, 6.07) is 10.1. The van der Waals surface area contributed by atoms with Crippen LogP contribution < -0.4 is 5.11 Å². The summed E-state index contributed by atoms with van der Waals surface area (Å²) in [5.74, 6) is -0.655. The number of carbonyl (C=O) groups excluding carboxylic acids is 3. The van der Waals surface area contributed by atoms with E-state index >= 15 is 0 Å². The van der Waals surface area contributed by atoms with Gasteiger partial charge in [-0.2, -0.15) is 0 Å². The summed E-state index contributed by atoms with van der Waals surface area (Å²) in [7, 11) is 0. The standard InChI is InChI=1S/C38H49N3O4.C5H10O2/c1-38(2,3)30-10-11-31-29(20-30)21-32-33(39-31)23-34(40-32)36(43)22-27(14-17-41-15-12-25(13-16-41)37(44)45)26-8-5-9-28(19-26)35(42)18-24-6-4-7-24;1-5(2,3)4(6)7/h5,8-9,19,21,24-25,27,30H,4,6-7,10-18,20,22-23H2,1-3H3,(H,44,45);1-3H3,(H,6,7)/p-1/t27-,30-;/m0./s1. The number of carbonyl (C=O) groups is 4. The molecule has 0 radical (unpaired) electrons. The van der Waals surface area contributed by atoms with Crippen LogP contribution in [0.15, 0.2) is 35.3 Å². The van der Waals surface area contributed by atoms with Gasteiger partial charge in [0.15, 0.2) is 11.6 Å². The summed E-state index contributed by atoms with van der Waals surface area (Å²) >= 11 is 0. The van der Waals surface area contributed by atoms with Crippen LogP contribution in [0.2, 0.25) is 0 Å². The smallest absolute Gasteiger partial charge is 0.306 e. The van der Waals surface area contributed by atoms with Crippen LogP contribution in [0.1, 0.15) is 138 Å². The highest BCUT2D eigenvalue weighted by Gasteiger charge is 2.33. The van der Waals surface area contributed by atoms with Gasteiger partial charge in [-0.15, -0.1) is 0 Å². The molecule has 1 N–H and O–H groups in total. The van der Waals surface area contributed by atoms with Crippen molar-refractivity contribution in [3.63, 3.8) is 0 Å². The Bertz CT molecular complexity index is 1670. The number of piperidine rings is 1. The Morgan fingerprint density at radius 2 is 1.63 bits per heavy atom. The van der Waals surface area contributed by atoms with Crippen LogP contribution in [0.5, 0.6) is 0 Å². The fraction of sp³-hybridized carbons (Fsp3) is 0.628. The number of likely N-dealkylation sites (tertiary alicyclic amines) is 1. The van der Waals surface area contributed by atoms with E-state index in [0.29, 0.717) is 49.7 Å². The highest BCUT2D eigenvalue weighted by molar-refractivity contribution is 6.41. The second-order valence-electron chi connectivity index (χ2n) is 17.8. The molecule has 0 unspecified atom stereocenters.